The summed E-state index contributed by atoms with van der Waals surface area (Å²) in [5.41, 5.74) is 1.42. The van der Waals surface area contributed by atoms with E-state index in [1.54, 1.807) is 30.3 Å². The number of hydrogen-bond acceptors (Lipinski definition) is 8. The molecule has 184 valence electrons. The van der Waals surface area contributed by atoms with Crippen LogP contribution in [0.3, 0.4) is 0 Å². The van der Waals surface area contributed by atoms with Gasteiger partial charge in [0.1, 0.15) is 5.75 Å². The van der Waals surface area contributed by atoms with Gasteiger partial charge in [0.15, 0.2) is 10.4 Å². The molecule has 0 aliphatic carbocycles. The number of carbonyl (C=O) groups is 1. The Balaban J connectivity index is 1.33. The van der Waals surface area contributed by atoms with Gasteiger partial charge >= 0.3 is 0 Å². The highest BCUT2D eigenvalue weighted by molar-refractivity contribution is 8.00. The van der Waals surface area contributed by atoms with Crippen molar-refractivity contribution >= 4 is 61.4 Å². The quantitative estimate of drug-likeness (QED) is 0.249. The Kier molecular flexibility index (Phi) is 7.15. The first-order valence-corrected chi connectivity index (χ1v) is 14.4. The number of hydrogen-bond donors (Lipinski definition) is 1. The van der Waals surface area contributed by atoms with Gasteiger partial charge in [-0.25, -0.2) is 8.42 Å². The summed E-state index contributed by atoms with van der Waals surface area (Å²) in [5.74, 6) is 0.433. The maximum Gasteiger partial charge on any atom is 0.269 e. The molecule has 3 aromatic carbocycles. The largest absolute Gasteiger partial charge is 0.476 e. The molecule has 0 bridgehead atoms. The van der Waals surface area contributed by atoms with Crippen LogP contribution in [0.1, 0.15) is 5.56 Å². The minimum Gasteiger partial charge on any atom is -0.476 e. The zero-order valence-corrected chi connectivity index (χ0v) is 21.8. The predicted octanol–water partition coefficient (Wildman–Crippen LogP) is 5.08. The van der Waals surface area contributed by atoms with Gasteiger partial charge in [-0.05, 0) is 35.9 Å². The summed E-state index contributed by atoms with van der Waals surface area (Å²) in [4.78, 5) is 13.2. The number of fused-ring (bicyclic) bond motifs is 1. The number of aromatic nitrogens is 2. The Hall–Kier alpha value is -3.12. The van der Waals surface area contributed by atoms with Gasteiger partial charge in [-0.3, -0.25) is 14.4 Å². The third kappa shape index (κ3) is 5.34. The molecule has 0 saturated heterocycles. The molecule has 1 aliphatic heterocycles. The molecule has 8 nitrogen and oxygen atoms in total. The Morgan fingerprint density at radius 2 is 1.81 bits per heavy atom. The fourth-order valence-corrected chi connectivity index (χ4v) is 6.90. The molecule has 0 fully saturated rings. The number of benzene rings is 3. The Morgan fingerprint density at radius 3 is 2.56 bits per heavy atom. The number of carbonyl (C=O) groups excluding carboxylic acids is 1. The van der Waals surface area contributed by atoms with Gasteiger partial charge in [0.05, 0.1) is 17.1 Å². The first-order valence-electron chi connectivity index (χ1n) is 10.8. The van der Waals surface area contributed by atoms with Crippen LogP contribution in [0.2, 0.25) is 5.02 Å². The minimum atomic E-state index is -3.98. The molecule has 1 N–H and O–H groups in total. The van der Waals surface area contributed by atoms with E-state index in [1.807, 2.05) is 30.3 Å². The molecule has 12 heteroatoms. The number of nitrogens with one attached hydrogen (secondary N) is 1. The standard InChI is InChI=1S/C24H19ClN4O4S3/c25-17-11-12-20-19(13-17)29(36(31,32)18-9-5-2-6-10-18)14-21(33-20)22(30)26-23-27-28-24(35-23)34-15-16-7-3-1-4-8-16/h1-13,21H,14-15H2,(H,26,27,30)/t21-/m1/s1. The summed E-state index contributed by atoms with van der Waals surface area (Å²) in [7, 11) is -3.98. The van der Waals surface area contributed by atoms with Crippen molar-refractivity contribution in [3.05, 3.63) is 89.4 Å². The number of rotatable bonds is 7. The van der Waals surface area contributed by atoms with Crippen molar-refractivity contribution in [1.82, 2.24) is 10.2 Å². The van der Waals surface area contributed by atoms with E-state index in [1.165, 1.54) is 41.3 Å². The van der Waals surface area contributed by atoms with Crippen LogP contribution in [0, 0.1) is 0 Å². The summed E-state index contributed by atoms with van der Waals surface area (Å²) in [6.45, 7) is -0.231. The molecule has 5 rings (SSSR count). The molecule has 0 unspecified atom stereocenters. The lowest BCUT2D eigenvalue weighted by atomic mass is 10.2. The van der Waals surface area contributed by atoms with Crippen molar-refractivity contribution in [3.63, 3.8) is 0 Å². The molecule has 2 heterocycles. The normalized spacial score (nSPS) is 15.1. The lowest BCUT2D eigenvalue weighted by Crippen LogP contribution is -2.48. The van der Waals surface area contributed by atoms with Crippen LogP contribution in [-0.4, -0.2) is 37.2 Å². The van der Waals surface area contributed by atoms with Crippen LogP contribution >= 0.6 is 34.7 Å². The number of nitrogens with zero attached hydrogens (tertiary/aromatic N) is 3. The zero-order valence-electron chi connectivity index (χ0n) is 18.6. The zero-order chi connectivity index (χ0) is 25.1. The number of anilines is 2. The average molecular weight is 559 g/mol. The van der Waals surface area contributed by atoms with E-state index in [0.717, 1.165) is 15.6 Å². The number of sulfonamides is 1. The first-order chi connectivity index (χ1) is 17.4. The smallest absolute Gasteiger partial charge is 0.269 e. The van der Waals surface area contributed by atoms with Crippen LogP contribution in [0.5, 0.6) is 5.75 Å². The van der Waals surface area contributed by atoms with Crippen LogP contribution in [0.25, 0.3) is 0 Å². The maximum absolute atomic E-state index is 13.5. The Morgan fingerprint density at radius 1 is 1.08 bits per heavy atom. The molecule has 0 spiro atoms. The van der Waals surface area contributed by atoms with Crippen LogP contribution < -0.4 is 14.4 Å². The molecule has 1 atom stereocenters. The fraction of sp³-hybridized carbons (Fsp3) is 0.125. The van der Waals surface area contributed by atoms with Crippen molar-refractivity contribution < 1.29 is 17.9 Å². The van der Waals surface area contributed by atoms with Crippen molar-refractivity contribution in [2.24, 2.45) is 0 Å². The molecule has 1 aromatic heterocycles. The molecule has 1 amide bonds. The third-order valence-corrected chi connectivity index (χ3v) is 9.33. The molecular formula is C24H19ClN4O4S3. The van der Waals surface area contributed by atoms with Gasteiger partial charge < -0.3 is 4.74 Å². The van der Waals surface area contributed by atoms with E-state index >= 15 is 0 Å². The van der Waals surface area contributed by atoms with Crippen molar-refractivity contribution in [1.29, 1.82) is 0 Å². The number of halogens is 1. The summed E-state index contributed by atoms with van der Waals surface area (Å²) < 4.78 is 34.6. The molecule has 0 radical (unpaired) electrons. The number of amides is 1. The summed E-state index contributed by atoms with van der Waals surface area (Å²) in [6.07, 6.45) is -1.11. The lowest BCUT2D eigenvalue weighted by Gasteiger charge is -2.34. The van der Waals surface area contributed by atoms with Gasteiger partial charge in [-0.2, -0.15) is 0 Å². The van der Waals surface area contributed by atoms with Crippen molar-refractivity contribution in [2.75, 3.05) is 16.2 Å². The molecular weight excluding hydrogens is 540 g/mol. The molecule has 4 aromatic rings. The van der Waals surface area contributed by atoms with Crippen molar-refractivity contribution in [2.45, 2.75) is 21.1 Å². The van der Waals surface area contributed by atoms with E-state index in [4.69, 9.17) is 16.3 Å². The maximum atomic E-state index is 13.5. The van der Waals surface area contributed by atoms with Gasteiger partial charge in [0.2, 0.25) is 5.13 Å². The van der Waals surface area contributed by atoms with E-state index in [-0.39, 0.29) is 22.9 Å². The topological polar surface area (TPSA) is 101 Å². The summed E-state index contributed by atoms with van der Waals surface area (Å²) in [6, 6.07) is 22.6. The monoisotopic (exact) mass is 558 g/mol. The van der Waals surface area contributed by atoms with E-state index in [0.29, 0.717) is 14.5 Å². The first kappa shape index (κ1) is 24.6. The van der Waals surface area contributed by atoms with Gasteiger partial charge in [-0.15, -0.1) is 10.2 Å². The SMILES string of the molecule is O=C(Nc1nnc(SCc2ccccc2)s1)[C@H]1CN(S(=O)(=O)c2ccccc2)c2cc(Cl)ccc2O1. The minimum absolute atomic E-state index is 0.0983. The Bertz CT molecular complexity index is 1480. The van der Waals surface area contributed by atoms with Gasteiger partial charge in [0.25, 0.3) is 15.9 Å². The highest BCUT2D eigenvalue weighted by Crippen LogP contribution is 2.39. The van der Waals surface area contributed by atoms with Gasteiger partial charge in [-0.1, -0.05) is 83.2 Å². The predicted molar refractivity (Wildman–Crippen MR) is 141 cm³/mol. The van der Waals surface area contributed by atoms with E-state index in [9.17, 15) is 13.2 Å². The summed E-state index contributed by atoms with van der Waals surface area (Å²) >= 11 is 8.89. The number of ether oxygens (including phenoxy) is 1. The number of thioether (sulfide) groups is 1. The van der Waals surface area contributed by atoms with E-state index < -0.39 is 22.0 Å². The summed E-state index contributed by atoms with van der Waals surface area (Å²) in [5, 5.41) is 11.5. The molecule has 0 saturated carbocycles. The van der Waals surface area contributed by atoms with E-state index in [2.05, 4.69) is 15.5 Å². The highest BCUT2D eigenvalue weighted by Gasteiger charge is 2.38. The van der Waals surface area contributed by atoms with Crippen LogP contribution in [-0.2, 0) is 20.6 Å². The lowest BCUT2D eigenvalue weighted by molar-refractivity contribution is -0.122. The fourth-order valence-electron chi connectivity index (χ4n) is 3.53. The third-order valence-electron chi connectivity index (χ3n) is 5.26. The average Bonchev–Trinajstić information content (AvgIpc) is 3.35. The molecule has 1 aliphatic rings. The van der Waals surface area contributed by atoms with Gasteiger partial charge in [0, 0.05) is 10.8 Å². The molecule has 36 heavy (non-hydrogen) atoms. The van der Waals surface area contributed by atoms with Crippen LogP contribution in [0.15, 0.2) is 88.1 Å². The second-order valence-electron chi connectivity index (χ2n) is 7.70. The second-order valence-corrected chi connectivity index (χ2v) is 12.2. The second kappa shape index (κ2) is 10.5. The van der Waals surface area contributed by atoms with Crippen LogP contribution in [0.4, 0.5) is 10.8 Å². The van der Waals surface area contributed by atoms with Crippen molar-refractivity contribution in [3.8, 4) is 5.75 Å². The Labute approximate surface area is 221 Å². The highest BCUT2D eigenvalue weighted by atomic mass is 35.5.